The van der Waals surface area contributed by atoms with Crippen LogP contribution in [0.4, 0.5) is 5.69 Å². The Bertz CT molecular complexity index is 1160. The van der Waals surface area contributed by atoms with Crippen molar-refractivity contribution < 1.29 is 4.74 Å². The Morgan fingerprint density at radius 2 is 1.61 bits per heavy atom. The lowest BCUT2D eigenvalue weighted by Gasteiger charge is -2.41. The third-order valence-corrected chi connectivity index (χ3v) is 5.59. The molecule has 1 aliphatic rings. The van der Waals surface area contributed by atoms with Crippen molar-refractivity contribution in [3.63, 3.8) is 0 Å². The zero-order valence-electron chi connectivity index (χ0n) is 18.9. The molecule has 31 heavy (non-hydrogen) atoms. The minimum atomic E-state index is -0.0701. The van der Waals surface area contributed by atoms with Gasteiger partial charge in [-0.05, 0) is 60.4 Å². The number of ether oxygens (including phenoxy) is 1. The lowest BCUT2D eigenvalue weighted by molar-refractivity contribution is 0.415. The van der Waals surface area contributed by atoms with Crippen LogP contribution in [0.25, 0.3) is 6.08 Å². The van der Waals surface area contributed by atoms with Crippen molar-refractivity contribution in [1.29, 1.82) is 0 Å². The zero-order valence-corrected chi connectivity index (χ0v) is 18.9. The maximum Gasteiger partial charge on any atom is 0.381 e. The molecular weight excluding hydrogens is 377 g/mol. The Morgan fingerprint density at radius 3 is 2.26 bits per heavy atom. The van der Waals surface area contributed by atoms with Crippen LogP contribution in [0.3, 0.4) is 0 Å². The first-order chi connectivity index (χ1) is 14.9. The van der Waals surface area contributed by atoms with E-state index < -0.39 is 0 Å². The summed E-state index contributed by atoms with van der Waals surface area (Å²) in [4.78, 5) is 2.40. The van der Waals surface area contributed by atoms with Gasteiger partial charge in [-0.15, -0.1) is 5.82 Å². The van der Waals surface area contributed by atoms with E-state index in [1.165, 1.54) is 22.3 Å². The van der Waals surface area contributed by atoms with Gasteiger partial charge in [-0.25, -0.2) is 0 Å². The third kappa shape index (κ3) is 4.39. The molecule has 0 atom stereocenters. The summed E-state index contributed by atoms with van der Waals surface area (Å²) in [5, 5.41) is 0. The Hall–Kier alpha value is -3.38. The van der Waals surface area contributed by atoms with Crippen LogP contribution in [0.1, 0.15) is 37.5 Å². The first-order valence-corrected chi connectivity index (χ1v) is 10.7. The number of anilines is 1. The first kappa shape index (κ1) is 20.9. The molecule has 0 bridgehead atoms. The Morgan fingerprint density at radius 1 is 0.903 bits per heavy atom. The topological polar surface area (TPSA) is 12.5 Å². The number of aryl methyl sites for hydroxylation is 1. The van der Waals surface area contributed by atoms with Gasteiger partial charge < -0.3 is 9.55 Å². The quantitative estimate of drug-likeness (QED) is 0.401. The predicted molar refractivity (Wildman–Crippen MR) is 133 cm³/mol. The van der Waals surface area contributed by atoms with Gasteiger partial charge in [0.15, 0.2) is 0 Å². The van der Waals surface area contributed by atoms with Gasteiger partial charge in [-0.1, -0.05) is 68.7 Å². The monoisotopic (exact) mass is 405 g/mol. The van der Waals surface area contributed by atoms with Gasteiger partial charge >= 0.3 is 6.85 Å². The van der Waals surface area contributed by atoms with Gasteiger partial charge in [0, 0.05) is 22.4 Å². The molecule has 0 radical (unpaired) electrons. The summed E-state index contributed by atoms with van der Waals surface area (Å²) in [6.07, 6.45) is 2.33. The summed E-state index contributed by atoms with van der Waals surface area (Å²) in [6, 6.07) is 25.2. The van der Waals surface area contributed by atoms with Crippen LogP contribution in [0.2, 0.25) is 0 Å². The molecule has 0 spiro atoms. The second-order valence-electron chi connectivity index (χ2n) is 9.02. The highest BCUT2D eigenvalue weighted by molar-refractivity contribution is 6.85. The van der Waals surface area contributed by atoms with E-state index in [2.05, 4.69) is 98.9 Å². The molecule has 0 unspecified atom stereocenters. The largest absolute Gasteiger partial charge is 0.497 e. The predicted octanol–water partition coefficient (Wildman–Crippen LogP) is 5.70. The number of rotatable bonds is 2. The fourth-order valence-electron chi connectivity index (χ4n) is 3.99. The molecule has 0 fully saturated rings. The molecule has 1 heterocycles. The molecule has 0 saturated carbocycles. The molecule has 0 amide bonds. The van der Waals surface area contributed by atoms with E-state index in [-0.39, 0.29) is 12.3 Å². The smallest absolute Gasteiger partial charge is 0.381 e. The molecular formula is C28H28BNO. The molecule has 3 aromatic rings. The number of hydrogen-bond acceptors (Lipinski definition) is 2. The summed E-state index contributed by atoms with van der Waals surface area (Å²) in [6.45, 7) is 8.88. The van der Waals surface area contributed by atoms with Crippen LogP contribution in [0.5, 0.6) is 5.75 Å². The fourth-order valence-corrected chi connectivity index (χ4v) is 3.99. The molecule has 0 saturated heterocycles. The molecule has 3 heteroatoms. The van der Waals surface area contributed by atoms with Crippen molar-refractivity contribution in [2.75, 3.05) is 11.9 Å². The molecule has 2 nitrogen and oxygen atoms in total. The van der Waals surface area contributed by atoms with E-state index in [9.17, 15) is 0 Å². The molecule has 4 rings (SSSR count). The van der Waals surface area contributed by atoms with Crippen molar-refractivity contribution >= 4 is 24.1 Å². The van der Waals surface area contributed by atoms with Crippen LogP contribution in [0.15, 0.2) is 78.5 Å². The lowest BCUT2D eigenvalue weighted by Crippen LogP contribution is -2.53. The molecule has 0 aliphatic carbocycles. The van der Waals surface area contributed by atoms with E-state index in [4.69, 9.17) is 4.74 Å². The Labute approximate surface area is 186 Å². The normalized spacial score (nSPS) is 13.1. The number of nitrogens with zero attached hydrogens (tertiary/aromatic N) is 1. The van der Waals surface area contributed by atoms with Crippen molar-refractivity contribution in [3.05, 3.63) is 95.2 Å². The number of fused-ring (bicyclic) bond motifs is 1. The lowest BCUT2D eigenvalue weighted by atomic mass is 9.50. The maximum atomic E-state index is 5.28. The van der Waals surface area contributed by atoms with E-state index in [0.29, 0.717) is 0 Å². The van der Waals surface area contributed by atoms with Crippen molar-refractivity contribution in [2.45, 2.75) is 27.7 Å². The van der Waals surface area contributed by atoms with Gasteiger partial charge in [0.05, 0.1) is 7.11 Å². The van der Waals surface area contributed by atoms with Crippen LogP contribution in [-0.4, -0.2) is 14.0 Å². The van der Waals surface area contributed by atoms with Gasteiger partial charge in [0.1, 0.15) is 5.75 Å². The average molecular weight is 405 g/mol. The van der Waals surface area contributed by atoms with Crippen LogP contribution >= 0.6 is 0 Å². The molecule has 1 aliphatic heterocycles. The van der Waals surface area contributed by atoms with Crippen molar-refractivity contribution in [2.24, 2.45) is 5.41 Å². The van der Waals surface area contributed by atoms with Gasteiger partial charge in [0.2, 0.25) is 0 Å². The number of benzene rings is 3. The first-order valence-electron chi connectivity index (χ1n) is 10.7. The maximum absolute atomic E-state index is 5.28. The standard InChI is InChI=1S/C28H28BNO/c1-21-11-16-26-23(19-21)20-27(28(2,3)4)30(24-9-7-6-8-10-24)29(26)18-17-22-12-14-25(31-5)15-13-22/h6-16,19-20H,1-5H3. The summed E-state index contributed by atoms with van der Waals surface area (Å²) < 4.78 is 5.28. The van der Waals surface area contributed by atoms with E-state index in [1.807, 2.05) is 24.3 Å². The highest BCUT2D eigenvalue weighted by Crippen LogP contribution is 2.36. The molecule has 3 aromatic carbocycles. The zero-order chi connectivity index (χ0) is 22.0. The second-order valence-corrected chi connectivity index (χ2v) is 9.02. The number of methoxy groups -OCH3 is 1. The fraction of sp³-hybridized carbons (Fsp3) is 0.214. The SMILES string of the molecule is COc1ccc(C#CB2c3ccc(C)cc3C=C(C(C)(C)C)N2c2ccccc2)cc1. The summed E-state index contributed by atoms with van der Waals surface area (Å²) in [5.41, 5.74) is 7.13. The Kier molecular flexibility index (Phi) is 5.66. The highest BCUT2D eigenvalue weighted by Gasteiger charge is 2.37. The van der Waals surface area contributed by atoms with Crippen LogP contribution in [-0.2, 0) is 0 Å². The third-order valence-electron chi connectivity index (χ3n) is 5.59. The minimum absolute atomic E-state index is 0.0304. The Balaban J connectivity index is 1.89. The van der Waals surface area contributed by atoms with E-state index >= 15 is 0 Å². The number of allylic oxidation sites excluding steroid dienone is 1. The van der Waals surface area contributed by atoms with Crippen LogP contribution in [0, 0.1) is 24.1 Å². The summed E-state index contributed by atoms with van der Waals surface area (Å²) in [7, 11) is 1.68. The molecule has 0 N–H and O–H groups in total. The molecule has 0 aromatic heterocycles. The average Bonchev–Trinajstić information content (AvgIpc) is 2.77. The van der Waals surface area contributed by atoms with E-state index in [1.54, 1.807) is 7.11 Å². The van der Waals surface area contributed by atoms with Gasteiger partial charge in [0.25, 0.3) is 0 Å². The van der Waals surface area contributed by atoms with Gasteiger partial charge in [-0.3, -0.25) is 0 Å². The number of hydrogen-bond donors (Lipinski definition) is 0. The summed E-state index contributed by atoms with van der Waals surface area (Å²) >= 11 is 0. The minimum Gasteiger partial charge on any atom is -0.497 e. The van der Waals surface area contributed by atoms with Crippen molar-refractivity contribution in [1.82, 2.24) is 0 Å². The van der Waals surface area contributed by atoms with Crippen molar-refractivity contribution in [3.8, 4) is 17.5 Å². The highest BCUT2D eigenvalue weighted by atomic mass is 16.5. The van der Waals surface area contributed by atoms with Crippen LogP contribution < -0.4 is 15.0 Å². The molecule has 154 valence electrons. The number of para-hydroxylation sites is 1. The second kappa shape index (κ2) is 8.40. The van der Waals surface area contributed by atoms with Gasteiger partial charge in [-0.2, -0.15) is 0 Å². The van der Waals surface area contributed by atoms with E-state index in [0.717, 1.165) is 17.0 Å². The summed E-state index contributed by atoms with van der Waals surface area (Å²) in [5.74, 6) is 7.86.